The summed E-state index contributed by atoms with van der Waals surface area (Å²) in [5.41, 5.74) is 3.25. The molecule has 0 aliphatic rings. The molecular weight excluding hydrogens is 274 g/mol. The second-order valence-corrected chi connectivity index (χ2v) is 6.97. The van der Waals surface area contributed by atoms with Crippen molar-refractivity contribution in [2.75, 3.05) is 42.3 Å². The number of hydrogen-bond acceptors (Lipinski definition) is 4. The molecule has 0 spiro atoms. The quantitative estimate of drug-likeness (QED) is 0.874. The van der Waals surface area contributed by atoms with Crippen molar-refractivity contribution in [2.24, 2.45) is 0 Å². The van der Waals surface area contributed by atoms with Crippen LogP contribution < -0.4 is 0 Å². The van der Waals surface area contributed by atoms with Crippen LogP contribution >= 0.6 is 0 Å². The van der Waals surface area contributed by atoms with Crippen LogP contribution in [0.1, 0.15) is 55.6 Å². The van der Waals surface area contributed by atoms with E-state index in [9.17, 15) is 5.11 Å². The first-order chi connectivity index (χ1) is 10.1. The highest BCUT2D eigenvalue weighted by Gasteiger charge is 2.23. The highest BCUT2D eigenvalue weighted by Crippen LogP contribution is 2.38. The van der Waals surface area contributed by atoms with Gasteiger partial charge in [-0.2, -0.15) is 0 Å². The lowest BCUT2D eigenvalue weighted by Crippen LogP contribution is -2.22. The molecule has 1 rings (SSSR count). The van der Waals surface area contributed by atoms with Gasteiger partial charge in [0.15, 0.2) is 0 Å². The lowest BCUT2D eigenvalue weighted by Gasteiger charge is -2.29. The van der Waals surface area contributed by atoms with Crippen molar-refractivity contribution in [1.29, 1.82) is 0 Å². The Bertz CT molecular complexity index is 462. The van der Waals surface area contributed by atoms with Gasteiger partial charge in [0.1, 0.15) is 5.75 Å². The summed E-state index contributed by atoms with van der Waals surface area (Å²) in [5.74, 6) is 0.428. The van der Waals surface area contributed by atoms with Crippen molar-refractivity contribution in [3.8, 4) is 5.75 Å². The van der Waals surface area contributed by atoms with Crippen molar-refractivity contribution < 1.29 is 5.11 Å². The second-order valence-electron chi connectivity index (χ2n) is 6.97. The van der Waals surface area contributed by atoms with E-state index in [4.69, 9.17) is 0 Å². The fourth-order valence-electron chi connectivity index (χ4n) is 2.44. The molecule has 3 unspecified atom stereocenters. The zero-order chi connectivity index (χ0) is 17.2. The van der Waals surface area contributed by atoms with Crippen molar-refractivity contribution in [1.82, 2.24) is 14.7 Å². The highest BCUT2D eigenvalue weighted by molar-refractivity contribution is 5.47. The molecule has 22 heavy (non-hydrogen) atoms. The Morgan fingerprint density at radius 3 is 1.27 bits per heavy atom. The van der Waals surface area contributed by atoms with Crippen molar-refractivity contribution >= 4 is 0 Å². The van der Waals surface area contributed by atoms with Crippen LogP contribution in [0.25, 0.3) is 0 Å². The minimum absolute atomic E-state index is 0.169. The van der Waals surface area contributed by atoms with Gasteiger partial charge in [0.2, 0.25) is 0 Å². The predicted octanol–water partition coefficient (Wildman–Crippen LogP) is 3.26. The Morgan fingerprint density at radius 2 is 1.00 bits per heavy atom. The van der Waals surface area contributed by atoms with Gasteiger partial charge in [-0.3, -0.25) is 0 Å². The van der Waals surface area contributed by atoms with E-state index in [0.29, 0.717) is 11.8 Å². The first-order valence-corrected chi connectivity index (χ1v) is 7.93. The van der Waals surface area contributed by atoms with Crippen molar-refractivity contribution in [2.45, 2.75) is 38.9 Å². The average Bonchev–Trinajstić information content (AvgIpc) is 2.44. The van der Waals surface area contributed by atoms with Crippen LogP contribution in [0.2, 0.25) is 0 Å². The topological polar surface area (TPSA) is 30.0 Å². The van der Waals surface area contributed by atoms with E-state index >= 15 is 0 Å². The van der Waals surface area contributed by atoms with Crippen LogP contribution in [0, 0.1) is 0 Å². The Hall–Kier alpha value is -1.10. The van der Waals surface area contributed by atoms with Gasteiger partial charge in [-0.25, -0.2) is 0 Å². The smallest absolute Gasteiger partial charge is 0.125 e. The molecule has 3 atom stereocenters. The van der Waals surface area contributed by atoms with Crippen LogP contribution in [0.4, 0.5) is 0 Å². The minimum atomic E-state index is 0.169. The van der Waals surface area contributed by atoms with Gasteiger partial charge in [0, 0.05) is 29.3 Å². The first-order valence-electron chi connectivity index (χ1n) is 7.93. The maximum atomic E-state index is 10.8. The SMILES string of the molecule is CC(c1cc(C(C)N(C)C)c(O)c(C(C)N(C)C)c1)N(C)C. The summed E-state index contributed by atoms with van der Waals surface area (Å²) in [4.78, 5) is 6.45. The fraction of sp³-hybridized carbons (Fsp3) is 0.667. The normalized spacial score (nSPS) is 16.4. The van der Waals surface area contributed by atoms with E-state index in [0.717, 1.165) is 11.1 Å². The number of phenolic OH excluding ortho intramolecular Hbond substituents is 1. The summed E-state index contributed by atoms with van der Waals surface area (Å²) in [7, 11) is 12.3. The minimum Gasteiger partial charge on any atom is -0.507 e. The summed E-state index contributed by atoms with van der Waals surface area (Å²) in [6.45, 7) is 6.45. The van der Waals surface area contributed by atoms with E-state index in [1.807, 2.05) is 28.2 Å². The van der Waals surface area contributed by atoms with E-state index in [1.165, 1.54) is 5.56 Å². The lowest BCUT2D eigenvalue weighted by atomic mass is 9.92. The molecule has 0 amide bonds. The largest absolute Gasteiger partial charge is 0.507 e. The zero-order valence-electron chi connectivity index (χ0n) is 15.7. The monoisotopic (exact) mass is 307 g/mol. The fourth-order valence-corrected chi connectivity index (χ4v) is 2.44. The van der Waals surface area contributed by atoms with Crippen LogP contribution in [0.5, 0.6) is 5.75 Å². The molecule has 0 heterocycles. The number of benzene rings is 1. The van der Waals surface area contributed by atoms with Gasteiger partial charge in [-0.1, -0.05) is 0 Å². The average molecular weight is 307 g/mol. The molecule has 0 aliphatic carbocycles. The van der Waals surface area contributed by atoms with Crippen LogP contribution in [-0.2, 0) is 0 Å². The van der Waals surface area contributed by atoms with E-state index in [2.05, 4.69) is 61.7 Å². The summed E-state index contributed by atoms with van der Waals surface area (Å²) >= 11 is 0. The van der Waals surface area contributed by atoms with E-state index < -0.39 is 0 Å². The van der Waals surface area contributed by atoms with Gasteiger partial charge < -0.3 is 19.8 Å². The highest BCUT2D eigenvalue weighted by atomic mass is 16.3. The molecule has 4 nitrogen and oxygen atoms in total. The standard InChI is InChI=1S/C18H33N3O/c1-12(19(4)5)15-10-16(13(2)20(6)7)18(22)17(11-15)14(3)21(8)9/h10-14,22H,1-9H3. The lowest BCUT2D eigenvalue weighted by molar-refractivity contribution is 0.291. The third-order valence-corrected chi connectivity index (χ3v) is 4.90. The Kier molecular flexibility index (Phi) is 6.41. The molecule has 0 aromatic heterocycles. The summed E-state index contributed by atoms with van der Waals surface area (Å²) in [6.07, 6.45) is 0. The number of phenols is 1. The number of hydrogen-bond donors (Lipinski definition) is 1. The third kappa shape index (κ3) is 4.00. The molecular formula is C18H33N3O. The molecule has 126 valence electrons. The molecule has 1 aromatic rings. The van der Waals surface area contributed by atoms with Gasteiger partial charge in [0.25, 0.3) is 0 Å². The van der Waals surface area contributed by atoms with E-state index in [1.54, 1.807) is 0 Å². The van der Waals surface area contributed by atoms with Crippen LogP contribution in [-0.4, -0.2) is 62.1 Å². The molecule has 1 aromatic carbocycles. The number of nitrogens with zero attached hydrogens (tertiary/aromatic N) is 3. The molecule has 1 N–H and O–H groups in total. The second kappa shape index (κ2) is 7.44. The summed E-state index contributed by atoms with van der Waals surface area (Å²) in [6, 6.07) is 4.94. The molecule has 0 radical (unpaired) electrons. The van der Waals surface area contributed by atoms with Crippen LogP contribution in [0.15, 0.2) is 12.1 Å². The number of rotatable bonds is 6. The van der Waals surface area contributed by atoms with Crippen LogP contribution in [0.3, 0.4) is 0 Å². The maximum absolute atomic E-state index is 10.8. The molecule has 0 saturated carbocycles. The Labute approximate surface area is 136 Å². The first kappa shape index (κ1) is 18.9. The molecule has 4 heteroatoms. The molecule has 0 bridgehead atoms. The van der Waals surface area contributed by atoms with Gasteiger partial charge in [0.05, 0.1) is 0 Å². The van der Waals surface area contributed by atoms with Crippen molar-refractivity contribution in [3.63, 3.8) is 0 Å². The maximum Gasteiger partial charge on any atom is 0.125 e. The van der Waals surface area contributed by atoms with Gasteiger partial charge in [-0.05, 0) is 80.8 Å². The Balaban J connectivity index is 3.49. The Morgan fingerprint density at radius 1 is 0.682 bits per heavy atom. The van der Waals surface area contributed by atoms with E-state index in [-0.39, 0.29) is 12.1 Å². The predicted molar refractivity (Wildman–Crippen MR) is 94.4 cm³/mol. The summed E-state index contributed by atoms with van der Waals surface area (Å²) < 4.78 is 0. The molecule has 0 aliphatic heterocycles. The van der Waals surface area contributed by atoms with Crippen molar-refractivity contribution in [3.05, 3.63) is 28.8 Å². The van der Waals surface area contributed by atoms with Gasteiger partial charge >= 0.3 is 0 Å². The number of aromatic hydroxyl groups is 1. The molecule has 0 fully saturated rings. The summed E-state index contributed by atoms with van der Waals surface area (Å²) in [5, 5.41) is 10.8. The zero-order valence-corrected chi connectivity index (χ0v) is 15.7. The third-order valence-electron chi connectivity index (χ3n) is 4.90. The van der Waals surface area contributed by atoms with Gasteiger partial charge in [-0.15, -0.1) is 0 Å². The molecule has 0 saturated heterocycles.